The molecule has 1 fully saturated rings. The predicted octanol–water partition coefficient (Wildman–Crippen LogP) is 3.74. The molecule has 47 heavy (non-hydrogen) atoms. The van der Waals surface area contributed by atoms with Crippen LogP contribution in [0.5, 0.6) is 5.75 Å². The van der Waals surface area contributed by atoms with Gasteiger partial charge in [-0.1, -0.05) is 30.3 Å². The number of benzene rings is 2. The molecule has 14 heteroatoms. The van der Waals surface area contributed by atoms with E-state index in [-0.39, 0.29) is 54.0 Å². The lowest BCUT2D eigenvalue weighted by atomic mass is 10.1. The van der Waals surface area contributed by atoms with E-state index in [0.29, 0.717) is 50.0 Å². The highest BCUT2D eigenvalue weighted by Crippen LogP contribution is 2.32. The quantitative estimate of drug-likeness (QED) is 0.414. The summed E-state index contributed by atoms with van der Waals surface area (Å²) in [6, 6.07) is 14.6. The summed E-state index contributed by atoms with van der Waals surface area (Å²) < 4.78 is 38.7. The minimum absolute atomic E-state index is 0.0630. The number of nitrogens with zero attached hydrogens (tertiary/aromatic N) is 4. The summed E-state index contributed by atoms with van der Waals surface area (Å²) in [6.45, 7) is 2.81. The van der Waals surface area contributed by atoms with Crippen LogP contribution in [0.2, 0.25) is 0 Å². The summed E-state index contributed by atoms with van der Waals surface area (Å²) in [4.78, 5) is 52.4. The van der Waals surface area contributed by atoms with E-state index in [9.17, 15) is 22.8 Å². The number of ether oxygens (including phenoxy) is 2. The maximum Gasteiger partial charge on any atom is 0.408 e. The van der Waals surface area contributed by atoms with Gasteiger partial charge >= 0.3 is 6.09 Å². The first-order chi connectivity index (χ1) is 22.5. The molecule has 0 saturated carbocycles. The van der Waals surface area contributed by atoms with Crippen LogP contribution in [0.15, 0.2) is 54.6 Å². The second-order valence-electron chi connectivity index (χ2n) is 11.9. The van der Waals surface area contributed by atoms with Crippen molar-refractivity contribution in [3.63, 3.8) is 0 Å². The van der Waals surface area contributed by atoms with Crippen molar-refractivity contribution in [3.05, 3.63) is 71.5 Å². The summed E-state index contributed by atoms with van der Waals surface area (Å²) >= 11 is 0. The number of sulfonamides is 1. The maximum atomic E-state index is 13.9. The van der Waals surface area contributed by atoms with E-state index in [1.807, 2.05) is 30.3 Å². The summed E-state index contributed by atoms with van der Waals surface area (Å²) in [6.07, 6.45) is 3.24. The van der Waals surface area contributed by atoms with Gasteiger partial charge in [0.2, 0.25) is 15.9 Å². The van der Waals surface area contributed by atoms with Gasteiger partial charge in [-0.25, -0.2) is 23.2 Å². The molecule has 13 nitrogen and oxygen atoms in total. The van der Waals surface area contributed by atoms with Gasteiger partial charge in [-0.05, 0) is 68.9 Å². The molecule has 1 aromatic heterocycles. The normalized spacial score (nSPS) is 19.2. The van der Waals surface area contributed by atoms with Crippen molar-refractivity contribution in [2.75, 3.05) is 37.7 Å². The topological polar surface area (TPSA) is 160 Å². The second kappa shape index (κ2) is 14.8. The first kappa shape index (κ1) is 33.6. The number of nitrogens with one attached hydrogen (secondary N) is 2. The Bertz CT molecular complexity index is 1720. The number of carbonyl (C=O) groups excluding carboxylic acids is 3. The minimum atomic E-state index is -3.69. The van der Waals surface area contributed by atoms with Gasteiger partial charge in [0.25, 0.3) is 5.91 Å². The SMILES string of the molecule is Cc1cc2nc(n1)-c1ccc(c(NS(C)(=O)=O)c1)OC[C@@H]1CCCN1C(=O)[C@@H](NC(=O)OCc1ccccc1)CCCCN(C)C2=O. The summed E-state index contributed by atoms with van der Waals surface area (Å²) in [7, 11) is -2.02. The zero-order chi connectivity index (χ0) is 33.6. The molecule has 2 N–H and O–H groups in total. The molecule has 4 heterocycles. The van der Waals surface area contributed by atoms with Crippen LogP contribution >= 0.6 is 0 Å². The van der Waals surface area contributed by atoms with Crippen LogP contribution in [0, 0.1) is 6.92 Å². The van der Waals surface area contributed by atoms with Crippen molar-refractivity contribution in [2.45, 2.75) is 57.7 Å². The van der Waals surface area contributed by atoms with Crippen molar-refractivity contribution in [1.29, 1.82) is 0 Å². The molecule has 2 aromatic carbocycles. The Hall–Kier alpha value is -4.72. The van der Waals surface area contributed by atoms with Crippen LogP contribution in [0.25, 0.3) is 11.4 Å². The monoisotopic (exact) mass is 664 g/mol. The van der Waals surface area contributed by atoms with E-state index in [1.165, 1.54) is 0 Å². The van der Waals surface area contributed by atoms with Crippen molar-refractivity contribution < 1.29 is 32.3 Å². The summed E-state index contributed by atoms with van der Waals surface area (Å²) in [5.74, 6) is -0.0244. The lowest BCUT2D eigenvalue weighted by Crippen LogP contribution is -2.51. The van der Waals surface area contributed by atoms with Crippen molar-refractivity contribution in [3.8, 4) is 17.1 Å². The second-order valence-corrected chi connectivity index (χ2v) is 13.7. The molecule has 3 aliphatic rings. The van der Waals surface area contributed by atoms with Crippen molar-refractivity contribution >= 4 is 33.6 Å². The van der Waals surface area contributed by atoms with E-state index < -0.39 is 22.2 Å². The number of rotatable bonds is 5. The molecule has 3 aliphatic heterocycles. The third-order valence-electron chi connectivity index (χ3n) is 8.08. The fourth-order valence-corrected chi connectivity index (χ4v) is 6.28. The zero-order valence-corrected chi connectivity index (χ0v) is 27.6. The molecular weight excluding hydrogens is 624 g/mol. The Morgan fingerprint density at radius 3 is 2.57 bits per heavy atom. The molecule has 4 bridgehead atoms. The van der Waals surface area contributed by atoms with Crippen molar-refractivity contribution in [2.24, 2.45) is 0 Å². The number of carbonyl (C=O) groups is 3. The van der Waals surface area contributed by atoms with Gasteiger partial charge in [-0.15, -0.1) is 0 Å². The van der Waals surface area contributed by atoms with Crippen LogP contribution < -0.4 is 14.8 Å². The fourth-order valence-electron chi connectivity index (χ4n) is 5.73. The number of amides is 3. The number of hydrogen-bond donors (Lipinski definition) is 2. The molecule has 3 aromatic rings. The van der Waals surface area contributed by atoms with Gasteiger partial charge in [-0.3, -0.25) is 14.3 Å². The molecule has 0 radical (unpaired) electrons. The largest absolute Gasteiger partial charge is 0.489 e. The lowest BCUT2D eigenvalue weighted by molar-refractivity contribution is -0.135. The first-order valence-corrected chi connectivity index (χ1v) is 17.5. The molecule has 3 amide bonds. The lowest BCUT2D eigenvalue weighted by Gasteiger charge is -2.29. The van der Waals surface area contributed by atoms with Gasteiger partial charge < -0.3 is 24.6 Å². The fraction of sp³-hybridized carbons (Fsp3) is 0.424. The van der Waals surface area contributed by atoms with Crippen LogP contribution in [0.3, 0.4) is 0 Å². The maximum absolute atomic E-state index is 13.9. The predicted molar refractivity (Wildman–Crippen MR) is 175 cm³/mol. The molecule has 1 saturated heterocycles. The Morgan fingerprint density at radius 2 is 1.81 bits per heavy atom. The smallest absolute Gasteiger partial charge is 0.408 e. The Morgan fingerprint density at radius 1 is 1.02 bits per heavy atom. The number of fused-ring (bicyclic) bond motifs is 10. The average Bonchev–Trinajstić information content (AvgIpc) is 3.51. The third kappa shape index (κ3) is 8.97. The molecule has 2 atom stereocenters. The Kier molecular flexibility index (Phi) is 10.6. The first-order valence-electron chi connectivity index (χ1n) is 15.6. The number of anilines is 1. The number of alkyl carbamates (subject to hydrolysis) is 1. The summed E-state index contributed by atoms with van der Waals surface area (Å²) in [5, 5.41) is 2.77. The third-order valence-corrected chi connectivity index (χ3v) is 8.67. The summed E-state index contributed by atoms with van der Waals surface area (Å²) in [5.41, 5.74) is 2.26. The van der Waals surface area contributed by atoms with E-state index in [2.05, 4.69) is 20.0 Å². The number of aromatic nitrogens is 2. The Balaban J connectivity index is 1.43. The van der Waals surface area contributed by atoms with E-state index >= 15 is 0 Å². The zero-order valence-electron chi connectivity index (χ0n) is 26.8. The number of hydrogen-bond acceptors (Lipinski definition) is 9. The van der Waals surface area contributed by atoms with Crippen molar-refractivity contribution in [1.82, 2.24) is 25.1 Å². The average molecular weight is 665 g/mol. The highest BCUT2D eigenvalue weighted by molar-refractivity contribution is 7.92. The molecule has 0 unspecified atom stereocenters. The molecule has 6 rings (SSSR count). The van der Waals surface area contributed by atoms with Gasteiger partial charge in [0.15, 0.2) is 5.82 Å². The van der Waals surface area contributed by atoms with Crippen LogP contribution in [0.1, 0.15) is 53.8 Å². The van der Waals surface area contributed by atoms with Gasteiger partial charge in [-0.2, -0.15) is 0 Å². The highest BCUT2D eigenvalue weighted by atomic mass is 32.2. The van der Waals surface area contributed by atoms with Gasteiger partial charge in [0.05, 0.1) is 18.0 Å². The highest BCUT2D eigenvalue weighted by Gasteiger charge is 2.35. The molecule has 0 aliphatic carbocycles. The van der Waals surface area contributed by atoms with Crippen LogP contribution in [-0.2, 0) is 26.2 Å². The molecular formula is C33H40N6O7S. The van der Waals surface area contributed by atoms with Gasteiger partial charge in [0, 0.05) is 31.4 Å². The van der Waals surface area contributed by atoms with E-state index in [1.54, 1.807) is 48.0 Å². The van der Waals surface area contributed by atoms with E-state index in [0.717, 1.165) is 18.2 Å². The van der Waals surface area contributed by atoms with E-state index in [4.69, 9.17) is 9.47 Å². The molecule has 250 valence electrons. The van der Waals surface area contributed by atoms with Crippen LogP contribution in [-0.4, -0.2) is 91.2 Å². The van der Waals surface area contributed by atoms with Gasteiger partial charge in [0.1, 0.15) is 30.7 Å². The number of aryl methyl sites for hydroxylation is 1. The molecule has 0 spiro atoms. The standard InChI is InChI=1S/C33H40N6O7S/c1-22-18-28-31(40)38(2)16-8-7-13-26(36-33(42)46-20-23-10-5-4-6-11-23)32(41)39-17-9-12-25(39)21-45-29-15-14-24(30(34-22)35-28)19-27(29)37-47(3,43)44/h4-6,10-11,14-15,18-19,25-26,37H,7-9,12-13,16-17,20-21H2,1-3H3,(H,36,42)/t25-,26-/m0/s1. The Labute approximate surface area is 274 Å². The van der Waals surface area contributed by atoms with Crippen LogP contribution in [0.4, 0.5) is 10.5 Å². The minimum Gasteiger partial charge on any atom is -0.489 e.